The first kappa shape index (κ1) is 60.7. The monoisotopic (exact) mass is 1410 g/mol. The van der Waals surface area contributed by atoms with Crippen LogP contribution >= 0.6 is 0 Å². The number of rotatable bonds is 4. The normalized spacial score (nSPS) is 31.8. The number of hydrogen-bond donors (Lipinski definition) is 2. The van der Waals surface area contributed by atoms with Crippen LogP contribution in [0.15, 0.2) is 24.3 Å². The smallest absolute Gasteiger partial charge is 0.354 e. The van der Waals surface area contributed by atoms with Crippen molar-refractivity contribution >= 4 is 46.4 Å². The van der Waals surface area contributed by atoms with E-state index >= 15 is 52.7 Å². The van der Waals surface area contributed by atoms with Gasteiger partial charge in [0, 0.05) is 44.3 Å². The van der Waals surface area contributed by atoms with Gasteiger partial charge in [-0.2, -0.15) is 52.7 Å². The molecule has 5 heterocycles. The molecule has 0 radical (unpaired) electrons. The first-order valence-corrected chi connectivity index (χ1v) is 39.5. The van der Waals surface area contributed by atoms with E-state index in [2.05, 4.69) is 9.97 Å². The van der Waals surface area contributed by atoms with E-state index in [9.17, 15) is 0 Å². The van der Waals surface area contributed by atoms with Crippen LogP contribution in [0.3, 0.4) is 0 Å². The number of alkyl halides is 12. The second-order valence-corrected chi connectivity index (χ2v) is 35.8. The summed E-state index contributed by atoms with van der Waals surface area (Å²) in [4.78, 5) is 19.9. The zero-order chi connectivity index (χ0) is 69.5. The molecule has 18 aliphatic rings. The molecule has 16 atom stereocenters. The van der Waals surface area contributed by atoms with Gasteiger partial charge in [-0.05, 0) is 409 Å². The van der Waals surface area contributed by atoms with Crippen LogP contribution in [-0.4, -0.2) is 19.9 Å². The maximum absolute atomic E-state index is 16.5. The Morgan fingerprint density at radius 1 is 0.212 bits per heavy atom. The van der Waals surface area contributed by atoms with Crippen molar-refractivity contribution in [1.82, 2.24) is 19.9 Å². The fraction of sp³-hybridized carbons (Fsp3) is 0.500. The molecular formula is C88H74F12N4. The molecule has 16 aliphatic carbocycles. The van der Waals surface area contributed by atoms with Gasteiger partial charge >= 0.3 is 24.7 Å². The first-order chi connectivity index (χ1) is 50.1. The van der Waals surface area contributed by atoms with E-state index in [4.69, 9.17) is 9.97 Å². The number of nitrogens with one attached hydrogen (secondary N) is 2. The van der Waals surface area contributed by atoms with Crippen molar-refractivity contribution in [2.75, 3.05) is 0 Å². The minimum absolute atomic E-state index is 0.157. The molecule has 25 rings (SSSR count). The van der Waals surface area contributed by atoms with Gasteiger partial charge in [0.05, 0.1) is 45.0 Å². The summed E-state index contributed by atoms with van der Waals surface area (Å²) in [6, 6.07) is 8.06. The molecule has 16 unspecified atom stereocenters. The summed E-state index contributed by atoms with van der Waals surface area (Å²) in [7, 11) is 0. The summed E-state index contributed by atoms with van der Waals surface area (Å²) in [5.74, 6) is -3.56. The Labute approximate surface area is 592 Å². The third-order valence-electron chi connectivity index (χ3n) is 31.5. The molecule has 24 bridgehead atoms. The van der Waals surface area contributed by atoms with E-state index in [0.717, 1.165) is 118 Å². The van der Waals surface area contributed by atoms with Gasteiger partial charge in [-0.3, -0.25) is 0 Å². The molecule has 2 N–H and O–H groups in total. The quantitative estimate of drug-likeness (QED) is 0.173. The largest absolute Gasteiger partial charge is 0.416 e. The molecule has 104 heavy (non-hydrogen) atoms. The molecule has 2 aliphatic heterocycles. The lowest BCUT2D eigenvalue weighted by atomic mass is 9.73. The second-order valence-electron chi connectivity index (χ2n) is 35.8. The van der Waals surface area contributed by atoms with Gasteiger partial charge < -0.3 is 9.97 Å². The lowest BCUT2D eigenvalue weighted by molar-refractivity contribution is -0.140. The van der Waals surface area contributed by atoms with Gasteiger partial charge in [-0.1, -0.05) is 0 Å². The summed E-state index contributed by atoms with van der Waals surface area (Å²) in [6.45, 7) is 0. The Hall–Kier alpha value is -7.36. The van der Waals surface area contributed by atoms with Crippen LogP contribution in [0.4, 0.5) is 52.7 Å². The number of halogens is 12. The number of aromatic amines is 2. The van der Waals surface area contributed by atoms with Gasteiger partial charge in [0.2, 0.25) is 0 Å². The van der Waals surface area contributed by atoms with Gasteiger partial charge in [0.1, 0.15) is 0 Å². The highest BCUT2D eigenvalue weighted by molar-refractivity contribution is 6.05. The van der Waals surface area contributed by atoms with Crippen LogP contribution in [0.25, 0.3) is 90.9 Å². The van der Waals surface area contributed by atoms with Gasteiger partial charge in [-0.25, -0.2) is 9.97 Å². The standard InChI is InChI=1S/C88H74F12N4/c89-85(90,91)81-65-41-9-1-33(25-41)57(65)77(58-34-2-10-42(26-34)66(58)81)73-49-17-19-51(101-49)74(78-59-35-3-11-43(27-35)67(59)82(86(92,93)94)68-44-12-4-36(28-44)60(68)78)53-21-23-55(103-53)76(80-63-39-7-15-47(31-39)71(63)84(88(98,99)100)72-48-16-8-40(32-48)64(72)80)56-24-22-54(104-56)75(52-20-18-50(73)102-52)79-61-37-5-13-45(29-37)69(61)83(87(95,96)97)70-46-14-6-38(30-46)62(70)79/h17-24,33-48,101,104H,1-16,25-32H2. The van der Waals surface area contributed by atoms with Gasteiger partial charge in [-0.15, -0.1) is 0 Å². The highest BCUT2D eigenvalue weighted by atomic mass is 19.4. The third kappa shape index (κ3) is 7.50. The van der Waals surface area contributed by atoms with Crippen molar-refractivity contribution in [2.45, 2.75) is 273 Å². The van der Waals surface area contributed by atoms with E-state index in [0.29, 0.717) is 214 Å². The molecule has 7 aromatic rings. The van der Waals surface area contributed by atoms with Gasteiger partial charge in [0.25, 0.3) is 0 Å². The Kier molecular flexibility index (Phi) is 11.5. The van der Waals surface area contributed by atoms with E-state index in [-0.39, 0.29) is 94.7 Å². The van der Waals surface area contributed by atoms with Crippen molar-refractivity contribution in [3.05, 3.63) is 158 Å². The predicted molar refractivity (Wildman–Crippen MR) is 375 cm³/mol. The molecular weight excluding hydrogens is 1340 g/mol. The Morgan fingerprint density at radius 3 is 0.500 bits per heavy atom. The Morgan fingerprint density at radius 2 is 0.356 bits per heavy atom. The van der Waals surface area contributed by atoms with Crippen LogP contribution < -0.4 is 0 Å². The summed E-state index contributed by atoms with van der Waals surface area (Å²) in [5, 5.41) is 0. The minimum Gasteiger partial charge on any atom is -0.354 e. The molecule has 16 heteroatoms. The average molecular weight is 1420 g/mol. The van der Waals surface area contributed by atoms with Crippen molar-refractivity contribution in [2.24, 2.45) is 0 Å². The van der Waals surface area contributed by atoms with E-state index in [1.54, 1.807) is 0 Å². The number of benzene rings is 4. The molecule has 8 fully saturated rings. The van der Waals surface area contributed by atoms with Crippen LogP contribution in [0.2, 0.25) is 0 Å². The van der Waals surface area contributed by atoms with Crippen molar-refractivity contribution in [3.8, 4) is 44.5 Å². The SMILES string of the molecule is FC(F)(F)c1c2c(c(-c3c4nc(c(-c5c6c(c(C(F)(F)F)c7c5C5CCC7C5)C5CCC6C5)c5ccc([nH]5)c(-c5c6c(c(C(F)(F)F)c7c5C5CCC7C5)C5CCC6C5)c5nc(c(-c6c7c(c(C(F)(F)F)c8c6C6CCC8C6)C6CCC7C6)c6ccc3[nH]6)C=C5)C=C4)c3c1C1CCC3C1)C1CCC2C1. The van der Waals surface area contributed by atoms with Gasteiger partial charge in [0.15, 0.2) is 0 Å². The van der Waals surface area contributed by atoms with Crippen LogP contribution in [-0.2, 0) is 24.7 Å². The summed E-state index contributed by atoms with van der Waals surface area (Å²) < 4.78 is 198. The van der Waals surface area contributed by atoms with Crippen LogP contribution in [0, 0.1) is 0 Å². The number of hydrogen-bond acceptors (Lipinski definition) is 2. The number of H-pyrrole nitrogens is 2. The van der Waals surface area contributed by atoms with Crippen LogP contribution in [0.1, 0.15) is 383 Å². The zero-order valence-corrected chi connectivity index (χ0v) is 57.3. The Balaban J connectivity index is 0.884. The summed E-state index contributed by atoms with van der Waals surface area (Å²) in [6.07, 6.45) is 5.39. The molecule has 0 saturated heterocycles. The fourth-order valence-corrected chi connectivity index (χ4v) is 28.7. The maximum Gasteiger partial charge on any atom is 0.416 e. The molecule has 530 valence electrons. The van der Waals surface area contributed by atoms with Crippen molar-refractivity contribution in [3.63, 3.8) is 0 Å². The molecule has 4 nitrogen and oxygen atoms in total. The number of fused-ring (bicyclic) bond motifs is 48. The highest BCUT2D eigenvalue weighted by Crippen LogP contribution is 2.74. The third-order valence-corrected chi connectivity index (χ3v) is 31.5. The van der Waals surface area contributed by atoms with Crippen molar-refractivity contribution in [1.29, 1.82) is 0 Å². The topological polar surface area (TPSA) is 57.4 Å². The van der Waals surface area contributed by atoms with Crippen LogP contribution in [0.5, 0.6) is 0 Å². The number of nitrogens with zero attached hydrogens (tertiary/aromatic N) is 2. The lowest BCUT2D eigenvalue weighted by Gasteiger charge is -2.32. The highest BCUT2D eigenvalue weighted by Gasteiger charge is 2.60. The zero-order valence-electron chi connectivity index (χ0n) is 57.3. The summed E-state index contributed by atoms with van der Waals surface area (Å²) >= 11 is 0. The molecule has 4 aromatic carbocycles. The average Bonchev–Trinajstić information content (AvgIpc) is 1.53. The lowest BCUT2D eigenvalue weighted by Crippen LogP contribution is -2.20. The maximum atomic E-state index is 16.5. The fourth-order valence-electron chi connectivity index (χ4n) is 28.7. The van der Waals surface area contributed by atoms with E-state index in [1.165, 1.54) is 0 Å². The number of aromatic nitrogens is 4. The predicted octanol–water partition coefficient (Wildman–Crippen LogP) is 26.3. The molecule has 0 amide bonds. The first-order valence-electron chi connectivity index (χ1n) is 39.5. The van der Waals surface area contributed by atoms with E-state index in [1.807, 2.05) is 48.6 Å². The second kappa shape index (κ2) is 19.7. The Bertz CT molecular complexity index is 4660. The van der Waals surface area contributed by atoms with Crippen molar-refractivity contribution < 1.29 is 52.7 Å². The minimum atomic E-state index is -4.61. The molecule has 8 saturated carbocycles. The summed E-state index contributed by atoms with van der Waals surface area (Å²) in [5.41, 5.74) is 17.8. The molecule has 3 aromatic heterocycles. The van der Waals surface area contributed by atoms with E-state index < -0.39 is 47.0 Å². The molecule has 0 spiro atoms.